The van der Waals surface area contributed by atoms with Crippen molar-refractivity contribution in [2.75, 3.05) is 0 Å². The Labute approximate surface area is 335 Å². The van der Waals surface area contributed by atoms with Crippen LogP contribution in [0.5, 0.6) is 0 Å². The molecule has 12 aromatic rings. The molecule has 266 valence electrons. The van der Waals surface area contributed by atoms with Gasteiger partial charge in [-0.2, -0.15) is 0 Å². The zero-order chi connectivity index (χ0) is 37.5. The van der Waals surface area contributed by atoms with Crippen molar-refractivity contribution < 1.29 is 0 Å². The fourth-order valence-corrected chi connectivity index (χ4v) is 10.9. The minimum absolute atomic E-state index is 0.628. The van der Waals surface area contributed by atoms with E-state index in [0.717, 1.165) is 33.4 Å². The molecule has 0 aliphatic heterocycles. The van der Waals surface area contributed by atoms with Crippen LogP contribution < -0.4 is 0 Å². The van der Waals surface area contributed by atoms with Gasteiger partial charge < -0.3 is 4.57 Å². The maximum atomic E-state index is 5.44. The van der Waals surface area contributed by atoms with Gasteiger partial charge in [0, 0.05) is 73.4 Å². The smallest absolute Gasteiger partial charge is 0.166 e. The summed E-state index contributed by atoms with van der Waals surface area (Å²) in [5.74, 6) is 1.94. The van der Waals surface area contributed by atoms with Crippen LogP contribution in [0, 0.1) is 0 Å². The summed E-state index contributed by atoms with van der Waals surface area (Å²) < 4.78 is 7.28. The van der Waals surface area contributed by atoms with Crippen LogP contribution in [0.25, 0.3) is 113 Å². The monoisotopic (exact) mass is 762 g/mol. The van der Waals surface area contributed by atoms with E-state index in [1.54, 1.807) is 22.7 Å². The van der Waals surface area contributed by atoms with E-state index < -0.39 is 0 Å². The van der Waals surface area contributed by atoms with Crippen LogP contribution in [-0.4, -0.2) is 19.5 Å². The average Bonchev–Trinajstić information content (AvgIpc) is 3.96. The Bertz CT molecular complexity index is 3540. The second-order valence-corrected chi connectivity index (χ2v) is 16.4. The van der Waals surface area contributed by atoms with E-state index in [2.05, 4.69) is 187 Å². The third-order valence-corrected chi connectivity index (χ3v) is 13.4. The van der Waals surface area contributed by atoms with Gasteiger partial charge in [0.1, 0.15) is 0 Å². The minimum atomic E-state index is 0.628. The molecule has 0 saturated carbocycles. The standard InChI is InChI=1S/C51H30N4S2/c1-2-15-31(16-3-1)32-21-12-22-35-33-17-4-8-26-41(33)55(47(32)35)42-27-9-5-19-37(42)49-52-50(39-24-14-30-45-46(39)38-20-7-11-29-44(38)56-45)54-51(53-49)40-25-13-23-36-34-18-6-10-28-43(34)57-48(36)40/h1-30H. The summed E-state index contributed by atoms with van der Waals surface area (Å²) in [5, 5.41) is 7.23. The normalized spacial score (nSPS) is 11.9. The molecule has 8 aromatic carbocycles. The van der Waals surface area contributed by atoms with Gasteiger partial charge in [0.05, 0.1) is 16.7 Å². The number of hydrogen-bond donors (Lipinski definition) is 0. The van der Waals surface area contributed by atoms with Crippen molar-refractivity contribution in [2.45, 2.75) is 0 Å². The molecular weight excluding hydrogens is 733 g/mol. The molecule has 0 radical (unpaired) electrons. The predicted octanol–water partition coefficient (Wildman–Crippen LogP) is 14.4. The first-order valence-corrected chi connectivity index (χ1v) is 20.7. The molecule has 0 spiro atoms. The fraction of sp³-hybridized carbons (Fsp3) is 0. The molecule has 0 atom stereocenters. The molecule has 6 heteroatoms. The van der Waals surface area contributed by atoms with E-state index in [1.165, 1.54) is 62.2 Å². The van der Waals surface area contributed by atoms with Crippen LogP contribution in [0.4, 0.5) is 0 Å². The van der Waals surface area contributed by atoms with E-state index in [9.17, 15) is 0 Å². The lowest BCUT2D eigenvalue weighted by atomic mass is 10.0. The van der Waals surface area contributed by atoms with Gasteiger partial charge in [0.2, 0.25) is 0 Å². The maximum absolute atomic E-state index is 5.44. The molecule has 57 heavy (non-hydrogen) atoms. The number of benzene rings is 8. The molecule has 0 unspecified atom stereocenters. The van der Waals surface area contributed by atoms with Gasteiger partial charge in [-0.3, -0.25) is 0 Å². The molecule has 4 heterocycles. The second kappa shape index (κ2) is 12.8. The number of fused-ring (bicyclic) bond motifs is 9. The zero-order valence-corrected chi connectivity index (χ0v) is 32.1. The second-order valence-electron chi connectivity index (χ2n) is 14.3. The molecule has 4 aromatic heterocycles. The van der Waals surface area contributed by atoms with Crippen molar-refractivity contribution in [1.29, 1.82) is 0 Å². The van der Waals surface area contributed by atoms with Crippen molar-refractivity contribution in [3.05, 3.63) is 182 Å². The van der Waals surface area contributed by atoms with Gasteiger partial charge in [0.15, 0.2) is 17.5 Å². The Morgan fingerprint density at radius 2 is 0.895 bits per heavy atom. The topological polar surface area (TPSA) is 43.6 Å². The molecule has 0 aliphatic carbocycles. The Morgan fingerprint density at radius 3 is 1.74 bits per heavy atom. The zero-order valence-electron chi connectivity index (χ0n) is 30.4. The van der Waals surface area contributed by atoms with Crippen molar-refractivity contribution in [3.8, 4) is 51.0 Å². The van der Waals surface area contributed by atoms with Gasteiger partial charge in [-0.25, -0.2) is 15.0 Å². The fourth-order valence-electron chi connectivity index (χ4n) is 8.60. The van der Waals surface area contributed by atoms with E-state index in [-0.39, 0.29) is 0 Å². The number of hydrogen-bond acceptors (Lipinski definition) is 5. The summed E-state index contributed by atoms with van der Waals surface area (Å²) in [6.45, 7) is 0. The van der Waals surface area contributed by atoms with Crippen LogP contribution >= 0.6 is 22.7 Å². The highest BCUT2D eigenvalue weighted by Crippen LogP contribution is 2.44. The molecule has 4 nitrogen and oxygen atoms in total. The number of aromatic nitrogens is 4. The Hall–Kier alpha value is -6.99. The maximum Gasteiger partial charge on any atom is 0.166 e. The SMILES string of the molecule is c1ccc(-c2cccc3c4ccccc4n(-c4ccccc4-c4nc(-c5cccc6c5sc5ccccc56)nc(-c5cccc6sc7ccccc7c56)n4)c23)cc1. The van der Waals surface area contributed by atoms with Crippen molar-refractivity contribution in [1.82, 2.24) is 19.5 Å². The molecule has 0 saturated heterocycles. The number of nitrogens with zero attached hydrogens (tertiary/aromatic N) is 4. The highest BCUT2D eigenvalue weighted by Gasteiger charge is 2.23. The predicted molar refractivity (Wildman–Crippen MR) is 242 cm³/mol. The molecule has 0 amide bonds. The molecule has 0 aliphatic rings. The lowest BCUT2D eigenvalue weighted by Gasteiger charge is -2.16. The largest absolute Gasteiger partial charge is 0.308 e. The Kier molecular flexibility index (Phi) is 7.24. The molecule has 12 rings (SSSR count). The van der Waals surface area contributed by atoms with E-state index in [1.807, 2.05) is 0 Å². The number of para-hydroxylation sites is 3. The van der Waals surface area contributed by atoms with E-state index >= 15 is 0 Å². The Morgan fingerprint density at radius 1 is 0.351 bits per heavy atom. The van der Waals surface area contributed by atoms with Crippen LogP contribution in [0.2, 0.25) is 0 Å². The first-order chi connectivity index (χ1) is 28.3. The third kappa shape index (κ3) is 5.01. The molecule has 0 bridgehead atoms. The van der Waals surface area contributed by atoms with Crippen LogP contribution in [0.15, 0.2) is 182 Å². The van der Waals surface area contributed by atoms with Crippen LogP contribution in [0.1, 0.15) is 0 Å². The summed E-state index contributed by atoms with van der Waals surface area (Å²) in [7, 11) is 0. The lowest BCUT2D eigenvalue weighted by molar-refractivity contribution is 1.07. The third-order valence-electron chi connectivity index (χ3n) is 11.1. The van der Waals surface area contributed by atoms with E-state index in [0.29, 0.717) is 17.5 Å². The minimum Gasteiger partial charge on any atom is -0.308 e. The van der Waals surface area contributed by atoms with Crippen molar-refractivity contribution in [2.24, 2.45) is 0 Å². The molecular formula is C51H30N4S2. The van der Waals surface area contributed by atoms with Crippen LogP contribution in [0.3, 0.4) is 0 Å². The van der Waals surface area contributed by atoms with Gasteiger partial charge in [0.25, 0.3) is 0 Å². The number of thiophene rings is 2. The number of rotatable bonds is 5. The highest BCUT2D eigenvalue weighted by molar-refractivity contribution is 7.26. The van der Waals surface area contributed by atoms with Gasteiger partial charge in [-0.05, 0) is 48.0 Å². The van der Waals surface area contributed by atoms with Gasteiger partial charge in [-0.1, -0.05) is 140 Å². The molecule has 0 N–H and O–H groups in total. The summed E-state index contributed by atoms with van der Waals surface area (Å²) in [5.41, 5.74) is 8.55. The van der Waals surface area contributed by atoms with E-state index in [4.69, 9.17) is 15.0 Å². The quantitative estimate of drug-likeness (QED) is 0.175. The summed E-state index contributed by atoms with van der Waals surface area (Å²) in [6, 6.07) is 64.8. The lowest BCUT2D eigenvalue weighted by Crippen LogP contribution is -2.04. The van der Waals surface area contributed by atoms with Gasteiger partial charge >= 0.3 is 0 Å². The highest BCUT2D eigenvalue weighted by atomic mass is 32.1. The Balaban J connectivity index is 1.17. The average molecular weight is 763 g/mol. The first-order valence-electron chi connectivity index (χ1n) is 19.0. The summed E-state index contributed by atoms with van der Waals surface area (Å²) >= 11 is 3.60. The van der Waals surface area contributed by atoms with Crippen molar-refractivity contribution in [3.63, 3.8) is 0 Å². The van der Waals surface area contributed by atoms with Crippen molar-refractivity contribution >= 4 is 84.8 Å². The van der Waals surface area contributed by atoms with Gasteiger partial charge in [-0.15, -0.1) is 22.7 Å². The summed E-state index contributed by atoms with van der Waals surface area (Å²) in [6.07, 6.45) is 0. The first kappa shape index (κ1) is 32.3. The molecule has 0 fully saturated rings. The summed E-state index contributed by atoms with van der Waals surface area (Å²) in [4.78, 5) is 16.3. The van der Waals surface area contributed by atoms with Crippen LogP contribution in [-0.2, 0) is 0 Å².